The Morgan fingerprint density at radius 1 is 1.41 bits per heavy atom. The van der Waals surface area contributed by atoms with Crippen LogP contribution >= 0.6 is 0 Å². The molecule has 0 saturated carbocycles. The molecule has 2 rings (SSSR count). The van der Waals surface area contributed by atoms with Gasteiger partial charge in [0.2, 0.25) is 0 Å². The quantitative estimate of drug-likeness (QED) is 0.750. The highest BCUT2D eigenvalue weighted by Crippen LogP contribution is 2.09. The van der Waals surface area contributed by atoms with Crippen molar-refractivity contribution in [1.82, 2.24) is 9.38 Å². The minimum Gasteiger partial charge on any atom is -0.461 e. The molecule has 0 N–H and O–H groups in total. The van der Waals surface area contributed by atoms with Crippen LogP contribution in [0.5, 0.6) is 0 Å². The van der Waals surface area contributed by atoms with E-state index in [2.05, 4.69) is 4.98 Å². The van der Waals surface area contributed by atoms with Gasteiger partial charge in [-0.15, -0.1) is 0 Å². The van der Waals surface area contributed by atoms with Gasteiger partial charge >= 0.3 is 5.97 Å². The lowest BCUT2D eigenvalue weighted by Crippen LogP contribution is -2.07. The van der Waals surface area contributed by atoms with Crippen molar-refractivity contribution in [1.29, 1.82) is 0 Å². The van der Waals surface area contributed by atoms with E-state index < -0.39 is 0 Å². The first-order valence-electron chi connectivity index (χ1n) is 5.83. The zero-order valence-corrected chi connectivity index (χ0v) is 10.7. The molecular weight excluding hydrogens is 216 g/mol. The van der Waals surface area contributed by atoms with E-state index in [1.54, 1.807) is 11.3 Å². The first-order chi connectivity index (χ1) is 8.22. The number of esters is 1. The third-order valence-electron chi connectivity index (χ3n) is 2.14. The van der Waals surface area contributed by atoms with Crippen LogP contribution in [0.25, 0.3) is 5.65 Å². The van der Waals surface area contributed by atoms with Gasteiger partial charge in [0.25, 0.3) is 0 Å². The molecule has 0 amide bonds. The van der Waals surface area contributed by atoms with Gasteiger partial charge in [-0.2, -0.15) is 0 Å². The van der Waals surface area contributed by atoms with E-state index >= 15 is 0 Å². The number of ether oxygens (including phenoxy) is 1. The Labute approximate surface area is 101 Å². The molecular formula is C13H18N2O2. The molecule has 2 aromatic rings. The Morgan fingerprint density at radius 3 is 2.76 bits per heavy atom. The molecule has 17 heavy (non-hydrogen) atoms. The summed E-state index contributed by atoms with van der Waals surface area (Å²) in [5.74, 6) is -0.337. The fraction of sp³-hybridized carbons (Fsp3) is 0.385. The van der Waals surface area contributed by atoms with Crippen LogP contribution in [0.2, 0.25) is 0 Å². The van der Waals surface area contributed by atoms with Crippen LogP contribution in [0.3, 0.4) is 0 Å². The number of rotatable bonds is 2. The van der Waals surface area contributed by atoms with E-state index in [1.807, 2.05) is 39.1 Å². The minimum atomic E-state index is -0.337. The predicted octanol–water partition coefficient (Wildman–Crippen LogP) is 2.85. The van der Waals surface area contributed by atoms with Gasteiger partial charge in [-0.25, -0.2) is 9.78 Å². The Bertz CT molecular complexity index is 503. The monoisotopic (exact) mass is 234 g/mol. The molecule has 2 heterocycles. The highest BCUT2D eigenvalue weighted by atomic mass is 16.5. The largest absolute Gasteiger partial charge is 0.461 e. The molecule has 0 radical (unpaired) electrons. The topological polar surface area (TPSA) is 43.6 Å². The standard InChI is InChI=1S/C11H12N2O2.C2H6/c1-3-15-11(14)9-6-12-10-5-4-8(2)7-13(9)10;1-2/h4-7H,3H2,1-2H3;1-2H3. The SMILES string of the molecule is CC.CCOC(=O)c1cnc2ccc(C)cn12. The van der Waals surface area contributed by atoms with Gasteiger partial charge in [0.05, 0.1) is 12.8 Å². The Morgan fingerprint density at radius 2 is 2.12 bits per heavy atom. The van der Waals surface area contributed by atoms with Crippen LogP contribution < -0.4 is 0 Å². The number of imidazole rings is 1. The maximum Gasteiger partial charge on any atom is 0.356 e. The summed E-state index contributed by atoms with van der Waals surface area (Å²) in [4.78, 5) is 15.7. The lowest BCUT2D eigenvalue weighted by Gasteiger charge is -2.02. The number of nitrogens with zero attached hydrogens (tertiary/aromatic N) is 2. The molecule has 4 heteroatoms. The van der Waals surface area contributed by atoms with Gasteiger partial charge in [0, 0.05) is 6.20 Å². The van der Waals surface area contributed by atoms with Crippen molar-refractivity contribution in [3.05, 3.63) is 35.8 Å². The highest BCUT2D eigenvalue weighted by molar-refractivity contribution is 5.88. The first-order valence-corrected chi connectivity index (χ1v) is 5.83. The molecule has 0 bridgehead atoms. The van der Waals surface area contributed by atoms with E-state index in [9.17, 15) is 4.79 Å². The fourth-order valence-electron chi connectivity index (χ4n) is 1.44. The first kappa shape index (κ1) is 13.2. The number of hydrogen-bond donors (Lipinski definition) is 0. The summed E-state index contributed by atoms with van der Waals surface area (Å²) in [6.07, 6.45) is 3.40. The average molecular weight is 234 g/mol. The zero-order chi connectivity index (χ0) is 12.8. The number of fused-ring (bicyclic) bond motifs is 1. The third kappa shape index (κ3) is 2.84. The Balaban J connectivity index is 0.000000686. The van der Waals surface area contributed by atoms with E-state index in [0.717, 1.165) is 11.2 Å². The molecule has 0 aliphatic rings. The minimum absolute atomic E-state index is 0.337. The van der Waals surface area contributed by atoms with Crippen molar-refractivity contribution < 1.29 is 9.53 Å². The van der Waals surface area contributed by atoms with Crippen LogP contribution in [0.1, 0.15) is 36.8 Å². The van der Waals surface area contributed by atoms with Crippen molar-refractivity contribution in [2.24, 2.45) is 0 Å². The van der Waals surface area contributed by atoms with Gasteiger partial charge in [-0.3, -0.25) is 4.40 Å². The number of hydrogen-bond acceptors (Lipinski definition) is 3. The normalized spacial score (nSPS) is 9.65. The summed E-state index contributed by atoms with van der Waals surface area (Å²) in [6, 6.07) is 3.83. The smallest absolute Gasteiger partial charge is 0.356 e. The van der Waals surface area contributed by atoms with Gasteiger partial charge in [-0.1, -0.05) is 19.9 Å². The molecule has 0 aliphatic heterocycles. The number of aromatic nitrogens is 2. The van der Waals surface area contributed by atoms with E-state index in [4.69, 9.17) is 4.74 Å². The lowest BCUT2D eigenvalue weighted by atomic mass is 10.3. The van der Waals surface area contributed by atoms with Crippen LogP contribution in [0, 0.1) is 6.92 Å². The summed E-state index contributed by atoms with van der Waals surface area (Å²) in [7, 11) is 0. The van der Waals surface area contributed by atoms with Crippen molar-refractivity contribution in [2.75, 3.05) is 6.61 Å². The molecule has 92 valence electrons. The summed E-state index contributed by atoms with van der Waals surface area (Å²) in [5.41, 5.74) is 2.30. The van der Waals surface area contributed by atoms with E-state index in [-0.39, 0.29) is 5.97 Å². The molecule has 0 unspecified atom stereocenters. The zero-order valence-electron chi connectivity index (χ0n) is 10.7. The molecule has 0 aromatic carbocycles. The van der Waals surface area contributed by atoms with E-state index in [0.29, 0.717) is 12.3 Å². The summed E-state index contributed by atoms with van der Waals surface area (Å²) in [5, 5.41) is 0. The van der Waals surface area contributed by atoms with Crippen LogP contribution in [-0.2, 0) is 4.74 Å². The Hall–Kier alpha value is -1.84. The predicted molar refractivity (Wildman–Crippen MR) is 67.2 cm³/mol. The van der Waals surface area contributed by atoms with E-state index in [1.165, 1.54) is 6.20 Å². The molecule has 0 spiro atoms. The van der Waals surface area contributed by atoms with Crippen molar-refractivity contribution in [3.8, 4) is 0 Å². The fourth-order valence-corrected chi connectivity index (χ4v) is 1.44. The van der Waals surface area contributed by atoms with Crippen LogP contribution in [0.15, 0.2) is 24.5 Å². The summed E-state index contributed by atoms with van der Waals surface area (Å²) >= 11 is 0. The second kappa shape index (κ2) is 6.03. The molecule has 0 fully saturated rings. The van der Waals surface area contributed by atoms with Gasteiger partial charge in [-0.05, 0) is 25.5 Å². The highest BCUT2D eigenvalue weighted by Gasteiger charge is 2.12. The van der Waals surface area contributed by atoms with Crippen molar-refractivity contribution in [2.45, 2.75) is 27.7 Å². The second-order valence-electron chi connectivity index (χ2n) is 3.30. The maximum absolute atomic E-state index is 11.5. The van der Waals surface area contributed by atoms with Gasteiger partial charge in [0.1, 0.15) is 5.65 Å². The molecule has 4 nitrogen and oxygen atoms in total. The number of carbonyl (C=O) groups is 1. The molecule has 2 aromatic heterocycles. The maximum atomic E-state index is 11.5. The molecule has 0 aliphatic carbocycles. The van der Waals surface area contributed by atoms with Crippen molar-refractivity contribution in [3.63, 3.8) is 0 Å². The molecule has 0 atom stereocenters. The summed E-state index contributed by atoms with van der Waals surface area (Å²) in [6.45, 7) is 8.12. The average Bonchev–Trinajstić information content (AvgIpc) is 2.75. The van der Waals surface area contributed by atoms with Gasteiger partial charge in [0.15, 0.2) is 5.69 Å². The van der Waals surface area contributed by atoms with Crippen LogP contribution in [0.4, 0.5) is 0 Å². The summed E-state index contributed by atoms with van der Waals surface area (Å²) < 4.78 is 6.68. The van der Waals surface area contributed by atoms with Crippen molar-refractivity contribution >= 4 is 11.6 Å². The molecule has 0 saturated heterocycles. The Kier molecular flexibility index (Phi) is 4.69. The number of carbonyl (C=O) groups excluding carboxylic acids is 1. The second-order valence-corrected chi connectivity index (χ2v) is 3.30. The number of pyridine rings is 1. The lowest BCUT2D eigenvalue weighted by molar-refractivity contribution is 0.0518. The van der Waals surface area contributed by atoms with Crippen LogP contribution in [-0.4, -0.2) is 22.0 Å². The number of aryl methyl sites for hydroxylation is 1. The van der Waals surface area contributed by atoms with Gasteiger partial charge < -0.3 is 4.74 Å². The third-order valence-corrected chi connectivity index (χ3v) is 2.14.